The molecule has 1 amide bonds. The lowest BCUT2D eigenvalue weighted by atomic mass is 10.1. The van der Waals surface area contributed by atoms with Crippen LogP contribution in [0.3, 0.4) is 0 Å². The number of anilines is 1. The van der Waals surface area contributed by atoms with Crippen LogP contribution in [0, 0.1) is 0 Å². The normalized spacial score (nSPS) is 16.9. The SMILES string of the molecule is C=CCN(Cc1ccc(Cl)s1)C(=O)c1ccc2c(c1)SC1=NS(=O)(=O)CCN12. The van der Waals surface area contributed by atoms with Gasteiger partial charge in [-0.2, -0.15) is 0 Å². The zero-order valence-electron chi connectivity index (χ0n) is 14.7. The van der Waals surface area contributed by atoms with E-state index in [-0.39, 0.29) is 11.7 Å². The van der Waals surface area contributed by atoms with Gasteiger partial charge in [0, 0.05) is 28.4 Å². The molecule has 2 aromatic rings. The summed E-state index contributed by atoms with van der Waals surface area (Å²) in [6.45, 7) is 4.98. The largest absolute Gasteiger partial charge is 0.330 e. The van der Waals surface area contributed by atoms with Gasteiger partial charge < -0.3 is 9.80 Å². The van der Waals surface area contributed by atoms with Gasteiger partial charge in [0.15, 0.2) is 5.17 Å². The van der Waals surface area contributed by atoms with Crippen molar-refractivity contribution in [1.82, 2.24) is 4.90 Å². The first-order chi connectivity index (χ1) is 13.4. The van der Waals surface area contributed by atoms with Gasteiger partial charge in [-0.1, -0.05) is 17.7 Å². The standard InChI is InChI=1S/C18H16ClN3O3S3/c1-2-7-21(11-13-4-6-16(19)26-13)17(23)12-3-5-14-15(10-12)27-18-20-28(24,25)9-8-22(14)18/h2-6,10H,1,7-9,11H2. The van der Waals surface area contributed by atoms with Gasteiger partial charge >= 0.3 is 0 Å². The van der Waals surface area contributed by atoms with Crippen LogP contribution >= 0.6 is 34.7 Å². The zero-order valence-corrected chi connectivity index (χ0v) is 17.9. The number of carbonyl (C=O) groups is 1. The van der Waals surface area contributed by atoms with Crippen molar-refractivity contribution in [2.24, 2.45) is 4.40 Å². The summed E-state index contributed by atoms with van der Waals surface area (Å²) in [4.78, 5) is 18.5. The lowest BCUT2D eigenvalue weighted by Crippen LogP contribution is -2.35. The van der Waals surface area contributed by atoms with Crippen LogP contribution in [0.2, 0.25) is 4.34 Å². The number of sulfonamides is 1. The molecule has 0 bridgehead atoms. The number of amidine groups is 1. The minimum Gasteiger partial charge on any atom is -0.330 e. The molecule has 0 aliphatic carbocycles. The van der Waals surface area contributed by atoms with Crippen molar-refractivity contribution in [2.45, 2.75) is 11.4 Å². The average Bonchev–Trinajstić information content (AvgIpc) is 3.21. The Morgan fingerprint density at radius 1 is 1.36 bits per heavy atom. The molecule has 10 heteroatoms. The Bertz CT molecular complexity index is 1090. The summed E-state index contributed by atoms with van der Waals surface area (Å²) >= 11 is 8.71. The summed E-state index contributed by atoms with van der Waals surface area (Å²) in [5.74, 6) is -0.125. The number of benzene rings is 1. The van der Waals surface area contributed by atoms with E-state index in [1.54, 1.807) is 23.1 Å². The number of thioether (sulfide) groups is 1. The summed E-state index contributed by atoms with van der Waals surface area (Å²) in [5, 5.41) is 0.446. The van der Waals surface area contributed by atoms with Crippen molar-refractivity contribution in [3.63, 3.8) is 0 Å². The number of carbonyl (C=O) groups excluding carboxylic acids is 1. The molecular weight excluding hydrogens is 438 g/mol. The quantitative estimate of drug-likeness (QED) is 0.643. The number of thiophene rings is 1. The lowest BCUT2D eigenvalue weighted by Gasteiger charge is -2.23. The van der Waals surface area contributed by atoms with Crippen LogP contribution < -0.4 is 4.90 Å². The predicted molar refractivity (Wildman–Crippen MR) is 115 cm³/mol. The van der Waals surface area contributed by atoms with E-state index in [1.807, 2.05) is 23.1 Å². The van der Waals surface area contributed by atoms with Crippen LogP contribution in [0.15, 0.2) is 52.3 Å². The van der Waals surface area contributed by atoms with Crippen molar-refractivity contribution in [1.29, 1.82) is 0 Å². The van der Waals surface area contributed by atoms with Crippen LogP contribution in [-0.4, -0.2) is 43.2 Å². The molecule has 28 heavy (non-hydrogen) atoms. The van der Waals surface area contributed by atoms with E-state index in [2.05, 4.69) is 11.0 Å². The molecule has 3 heterocycles. The van der Waals surface area contributed by atoms with Gasteiger partial charge in [-0.3, -0.25) is 4.79 Å². The van der Waals surface area contributed by atoms with E-state index in [9.17, 15) is 13.2 Å². The highest BCUT2D eigenvalue weighted by Crippen LogP contribution is 2.42. The Hall–Kier alpha value is -1.81. The van der Waals surface area contributed by atoms with Gasteiger partial charge in [0.2, 0.25) is 0 Å². The lowest BCUT2D eigenvalue weighted by molar-refractivity contribution is 0.0764. The first kappa shape index (κ1) is 19.5. The number of rotatable bonds is 5. The van der Waals surface area contributed by atoms with E-state index in [1.165, 1.54) is 23.1 Å². The van der Waals surface area contributed by atoms with Gasteiger partial charge in [-0.15, -0.1) is 22.3 Å². The minimum atomic E-state index is -3.40. The number of halogens is 1. The average molecular weight is 454 g/mol. The Kier molecular flexibility index (Phi) is 5.26. The molecule has 0 atom stereocenters. The molecule has 6 nitrogen and oxygen atoms in total. The number of nitrogens with zero attached hydrogens (tertiary/aromatic N) is 3. The molecule has 0 saturated heterocycles. The maximum Gasteiger partial charge on any atom is 0.257 e. The maximum atomic E-state index is 13.1. The smallest absolute Gasteiger partial charge is 0.257 e. The number of fused-ring (bicyclic) bond motifs is 3. The molecule has 2 aliphatic rings. The highest BCUT2D eigenvalue weighted by Gasteiger charge is 2.33. The van der Waals surface area contributed by atoms with Crippen LogP contribution in [-0.2, 0) is 16.6 Å². The summed E-state index contributed by atoms with van der Waals surface area (Å²) in [6, 6.07) is 9.14. The van der Waals surface area contributed by atoms with Gasteiger partial charge in [0.05, 0.1) is 22.3 Å². The Labute approximate surface area is 176 Å². The summed E-state index contributed by atoms with van der Waals surface area (Å²) in [5.41, 5.74) is 1.43. The molecule has 0 fully saturated rings. The third kappa shape index (κ3) is 3.84. The van der Waals surface area contributed by atoms with Gasteiger partial charge in [-0.05, 0) is 42.1 Å². The van der Waals surface area contributed by atoms with Crippen LogP contribution in [0.1, 0.15) is 15.2 Å². The van der Waals surface area contributed by atoms with Crippen LogP contribution in [0.4, 0.5) is 5.69 Å². The highest BCUT2D eigenvalue weighted by atomic mass is 35.5. The van der Waals surface area contributed by atoms with Crippen molar-refractivity contribution >= 4 is 61.5 Å². The Balaban J connectivity index is 1.60. The fraction of sp³-hybridized carbons (Fsp3) is 0.222. The fourth-order valence-corrected chi connectivity index (χ4v) is 6.45. The fourth-order valence-electron chi connectivity index (χ4n) is 3.05. The molecule has 1 aromatic carbocycles. The first-order valence-corrected chi connectivity index (χ1v) is 12.0. The first-order valence-electron chi connectivity index (χ1n) is 8.43. The highest BCUT2D eigenvalue weighted by molar-refractivity contribution is 8.15. The van der Waals surface area contributed by atoms with E-state index in [4.69, 9.17) is 11.6 Å². The number of hydrogen-bond acceptors (Lipinski definition) is 6. The van der Waals surface area contributed by atoms with Gasteiger partial charge in [-0.25, -0.2) is 8.42 Å². The predicted octanol–water partition coefficient (Wildman–Crippen LogP) is 3.84. The molecule has 0 unspecified atom stereocenters. The number of hydrogen-bond donors (Lipinski definition) is 0. The molecular formula is C18H16ClN3O3S3. The summed E-state index contributed by atoms with van der Waals surface area (Å²) < 4.78 is 28.0. The third-order valence-corrected chi connectivity index (χ3v) is 7.85. The van der Waals surface area contributed by atoms with Crippen molar-refractivity contribution in [2.75, 3.05) is 23.7 Å². The van der Waals surface area contributed by atoms with Crippen LogP contribution in [0.25, 0.3) is 0 Å². The topological polar surface area (TPSA) is 70.0 Å². The molecule has 4 rings (SSSR count). The number of amides is 1. The van der Waals surface area contributed by atoms with Crippen LogP contribution in [0.5, 0.6) is 0 Å². The second-order valence-electron chi connectivity index (χ2n) is 6.28. The summed E-state index contributed by atoms with van der Waals surface area (Å²) in [7, 11) is -3.40. The Morgan fingerprint density at radius 2 is 2.18 bits per heavy atom. The molecule has 0 spiro atoms. The van der Waals surface area contributed by atoms with E-state index >= 15 is 0 Å². The monoisotopic (exact) mass is 453 g/mol. The summed E-state index contributed by atoms with van der Waals surface area (Å²) in [6.07, 6.45) is 1.69. The zero-order chi connectivity index (χ0) is 19.9. The minimum absolute atomic E-state index is 0.00628. The van der Waals surface area contributed by atoms with Crippen molar-refractivity contribution < 1.29 is 13.2 Å². The molecule has 146 valence electrons. The molecule has 0 saturated carbocycles. The Morgan fingerprint density at radius 3 is 2.89 bits per heavy atom. The van der Waals surface area contributed by atoms with E-state index in [0.29, 0.717) is 34.7 Å². The second kappa shape index (κ2) is 7.55. The van der Waals surface area contributed by atoms with E-state index in [0.717, 1.165) is 15.5 Å². The van der Waals surface area contributed by atoms with Gasteiger partial charge in [0.1, 0.15) is 0 Å². The second-order valence-corrected chi connectivity index (χ2v) is 10.8. The molecule has 0 radical (unpaired) electrons. The van der Waals surface area contributed by atoms with E-state index < -0.39 is 10.0 Å². The molecule has 0 N–H and O–H groups in total. The molecule has 1 aromatic heterocycles. The van der Waals surface area contributed by atoms with Crippen molar-refractivity contribution in [3.8, 4) is 0 Å². The van der Waals surface area contributed by atoms with Gasteiger partial charge in [0.25, 0.3) is 15.9 Å². The third-order valence-electron chi connectivity index (χ3n) is 4.33. The maximum absolute atomic E-state index is 13.1. The van der Waals surface area contributed by atoms with Crippen molar-refractivity contribution in [3.05, 3.63) is 57.8 Å². The molecule has 2 aliphatic heterocycles.